The van der Waals surface area contributed by atoms with Gasteiger partial charge in [0.15, 0.2) is 0 Å². The Balaban J connectivity index is 2.59. The minimum Gasteiger partial charge on any atom is -0.283 e. The average molecular weight is 234 g/mol. The molecule has 1 aromatic carbocycles. The van der Waals surface area contributed by atoms with Gasteiger partial charge in [-0.25, -0.2) is 4.39 Å². The molecule has 0 fully saturated rings. The minimum absolute atomic E-state index is 0.0882. The van der Waals surface area contributed by atoms with E-state index >= 15 is 0 Å². The van der Waals surface area contributed by atoms with Crippen LogP contribution < -0.4 is 5.43 Å². The molecule has 0 radical (unpaired) electrons. The summed E-state index contributed by atoms with van der Waals surface area (Å²) in [7, 11) is 0. The first kappa shape index (κ1) is 12.2. The molecule has 1 rings (SSSR count). The standard InChI is InChI=1S/C9H6F4N2O/c10-6-2-1-3-7(4-6)15-14-5-8(16)9(11,12)13/h1-5,15H/b14-5-. The quantitative estimate of drug-likeness (QED) is 0.495. The lowest BCUT2D eigenvalue weighted by atomic mass is 10.3. The first-order valence-electron chi connectivity index (χ1n) is 4.05. The van der Waals surface area contributed by atoms with Crippen LogP contribution in [-0.4, -0.2) is 18.2 Å². The summed E-state index contributed by atoms with van der Waals surface area (Å²) in [5, 5.41) is 3.04. The second-order valence-electron chi connectivity index (χ2n) is 2.74. The summed E-state index contributed by atoms with van der Waals surface area (Å²) in [6, 6.07) is 4.92. The average Bonchev–Trinajstić information content (AvgIpc) is 2.16. The SMILES string of the molecule is O=C(/C=N\Nc1cccc(F)c1)C(F)(F)F. The van der Waals surface area contributed by atoms with Gasteiger partial charge in [-0.15, -0.1) is 0 Å². The summed E-state index contributed by atoms with van der Waals surface area (Å²) in [5.41, 5.74) is 2.24. The normalized spacial score (nSPS) is 11.8. The Kier molecular flexibility index (Phi) is 3.60. The van der Waals surface area contributed by atoms with Crippen LogP contribution in [0.25, 0.3) is 0 Å². The molecule has 0 amide bonds. The van der Waals surface area contributed by atoms with E-state index in [4.69, 9.17) is 0 Å². The van der Waals surface area contributed by atoms with Crippen LogP contribution in [0.4, 0.5) is 23.2 Å². The highest BCUT2D eigenvalue weighted by molar-refractivity contribution is 6.30. The van der Waals surface area contributed by atoms with Crippen molar-refractivity contribution in [3.63, 3.8) is 0 Å². The molecule has 0 spiro atoms. The van der Waals surface area contributed by atoms with Gasteiger partial charge in [0.2, 0.25) is 0 Å². The number of rotatable bonds is 3. The van der Waals surface area contributed by atoms with Crippen molar-refractivity contribution in [3.8, 4) is 0 Å². The third-order valence-corrected chi connectivity index (χ3v) is 1.48. The van der Waals surface area contributed by atoms with E-state index in [9.17, 15) is 22.4 Å². The largest absolute Gasteiger partial charge is 0.455 e. The molecule has 3 nitrogen and oxygen atoms in total. The maximum Gasteiger partial charge on any atom is 0.455 e. The van der Waals surface area contributed by atoms with E-state index in [0.717, 1.165) is 12.1 Å². The van der Waals surface area contributed by atoms with Crippen molar-refractivity contribution < 1.29 is 22.4 Å². The van der Waals surface area contributed by atoms with Crippen LogP contribution in [0.1, 0.15) is 0 Å². The number of halogens is 4. The number of carbonyl (C=O) groups is 1. The lowest BCUT2D eigenvalue weighted by Gasteiger charge is -2.01. The lowest BCUT2D eigenvalue weighted by molar-refractivity contribution is -0.162. The van der Waals surface area contributed by atoms with Gasteiger partial charge in [-0.05, 0) is 18.2 Å². The van der Waals surface area contributed by atoms with Gasteiger partial charge in [-0.1, -0.05) is 6.07 Å². The van der Waals surface area contributed by atoms with E-state index in [0.29, 0.717) is 0 Å². The van der Waals surface area contributed by atoms with Crippen LogP contribution in [-0.2, 0) is 4.79 Å². The van der Waals surface area contributed by atoms with Crippen LogP contribution in [0.2, 0.25) is 0 Å². The molecule has 16 heavy (non-hydrogen) atoms. The number of ketones is 1. The molecule has 0 heterocycles. The molecule has 0 aromatic heterocycles. The van der Waals surface area contributed by atoms with Gasteiger partial charge in [-0.3, -0.25) is 10.2 Å². The number of benzene rings is 1. The molecule has 0 saturated heterocycles. The van der Waals surface area contributed by atoms with Crippen molar-refractivity contribution in [3.05, 3.63) is 30.1 Å². The Labute approximate surface area is 87.8 Å². The molecule has 0 saturated carbocycles. The van der Waals surface area contributed by atoms with Gasteiger partial charge < -0.3 is 0 Å². The first-order chi connectivity index (χ1) is 7.39. The fourth-order valence-corrected chi connectivity index (χ4v) is 0.797. The van der Waals surface area contributed by atoms with Crippen molar-refractivity contribution >= 4 is 17.7 Å². The van der Waals surface area contributed by atoms with Crippen molar-refractivity contribution in [2.75, 3.05) is 5.43 Å². The molecule has 86 valence electrons. The van der Waals surface area contributed by atoms with Crippen molar-refractivity contribution in [1.29, 1.82) is 0 Å². The van der Waals surface area contributed by atoms with Gasteiger partial charge in [0.1, 0.15) is 5.82 Å². The van der Waals surface area contributed by atoms with E-state index in [1.54, 1.807) is 0 Å². The zero-order chi connectivity index (χ0) is 12.2. The third kappa shape index (κ3) is 3.68. The van der Waals surface area contributed by atoms with Crippen molar-refractivity contribution in [2.24, 2.45) is 5.10 Å². The fraction of sp³-hybridized carbons (Fsp3) is 0.111. The molecule has 0 aliphatic heterocycles. The van der Waals surface area contributed by atoms with Crippen LogP contribution in [0.3, 0.4) is 0 Å². The third-order valence-electron chi connectivity index (χ3n) is 1.48. The zero-order valence-electron chi connectivity index (χ0n) is 7.75. The van der Waals surface area contributed by atoms with E-state index < -0.39 is 17.8 Å². The Bertz CT molecular complexity index is 414. The van der Waals surface area contributed by atoms with Crippen LogP contribution in [0.15, 0.2) is 29.4 Å². The van der Waals surface area contributed by atoms with Crippen molar-refractivity contribution in [1.82, 2.24) is 0 Å². The summed E-state index contributed by atoms with van der Waals surface area (Å²) in [6.07, 6.45) is -4.86. The molecule has 0 unspecified atom stereocenters. The Hall–Kier alpha value is -1.92. The van der Waals surface area contributed by atoms with Gasteiger partial charge >= 0.3 is 6.18 Å². The molecule has 1 N–H and O–H groups in total. The number of alkyl halides is 3. The van der Waals surface area contributed by atoms with E-state index in [1.165, 1.54) is 12.1 Å². The maximum absolute atomic E-state index is 12.6. The number of hydrogen-bond donors (Lipinski definition) is 1. The van der Waals surface area contributed by atoms with Gasteiger partial charge in [0, 0.05) is 0 Å². The van der Waals surface area contributed by atoms with Crippen LogP contribution in [0.5, 0.6) is 0 Å². The molecule has 1 aromatic rings. The number of hydrogen-bond acceptors (Lipinski definition) is 3. The predicted molar refractivity (Wildman–Crippen MR) is 49.6 cm³/mol. The molecule has 0 atom stereocenters. The second-order valence-corrected chi connectivity index (χ2v) is 2.74. The summed E-state index contributed by atoms with van der Waals surface area (Å²) in [6.45, 7) is 0. The van der Waals surface area contributed by atoms with Crippen LogP contribution >= 0.6 is 0 Å². The molecule has 0 aliphatic carbocycles. The number of nitrogens with one attached hydrogen (secondary N) is 1. The topological polar surface area (TPSA) is 41.5 Å². The maximum atomic E-state index is 12.6. The van der Waals surface area contributed by atoms with Gasteiger partial charge in [0.05, 0.1) is 11.9 Å². The highest BCUT2D eigenvalue weighted by Crippen LogP contribution is 2.14. The molecular weight excluding hydrogens is 228 g/mol. The summed E-state index contributed by atoms with van der Waals surface area (Å²) in [5.74, 6) is -2.65. The van der Waals surface area contributed by atoms with E-state index in [-0.39, 0.29) is 11.9 Å². The minimum atomic E-state index is -4.95. The molecule has 0 aliphatic rings. The number of Topliss-reactive ketones (excluding diaryl/α,β-unsaturated/α-hetero) is 1. The molecule has 0 bridgehead atoms. The predicted octanol–water partition coefficient (Wildman–Crippen LogP) is 2.35. The monoisotopic (exact) mass is 234 g/mol. The second kappa shape index (κ2) is 4.73. The summed E-state index contributed by atoms with van der Waals surface area (Å²) >= 11 is 0. The number of nitrogens with zero attached hydrogens (tertiary/aromatic N) is 1. The Morgan fingerprint density at radius 1 is 1.38 bits per heavy atom. The summed E-state index contributed by atoms with van der Waals surface area (Å²) in [4.78, 5) is 10.3. The molecular formula is C9H6F4N2O. The van der Waals surface area contributed by atoms with Crippen LogP contribution in [0, 0.1) is 5.82 Å². The smallest absolute Gasteiger partial charge is 0.283 e. The van der Waals surface area contributed by atoms with E-state index in [2.05, 4.69) is 10.5 Å². The van der Waals surface area contributed by atoms with Gasteiger partial charge in [-0.2, -0.15) is 18.3 Å². The first-order valence-corrected chi connectivity index (χ1v) is 4.05. The highest BCUT2D eigenvalue weighted by Gasteiger charge is 2.36. The summed E-state index contributed by atoms with van der Waals surface area (Å²) < 4.78 is 47.7. The Morgan fingerprint density at radius 3 is 2.62 bits per heavy atom. The number of hydrazone groups is 1. The molecule has 7 heteroatoms. The fourth-order valence-electron chi connectivity index (χ4n) is 0.797. The zero-order valence-corrected chi connectivity index (χ0v) is 7.75. The number of carbonyl (C=O) groups excluding carboxylic acids is 1. The highest BCUT2D eigenvalue weighted by atomic mass is 19.4. The lowest BCUT2D eigenvalue weighted by Crippen LogP contribution is -2.23. The Morgan fingerprint density at radius 2 is 2.06 bits per heavy atom. The van der Waals surface area contributed by atoms with Crippen molar-refractivity contribution in [2.45, 2.75) is 6.18 Å². The van der Waals surface area contributed by atoms with E-state index in [1.807, 2.05) is 0 Å². The van der Waals surface area contributed by atoms with Gasteiger partial charge in [0.25, 0.3) is 5.78 Å². The number of anilines is 1.